The summed E-state index contributed by atoms with van der Waals surface area (Å²) < 4.78 is 22.8. The normalized spacial score (nSPS) is 10.9. The molecule has 0 fully saturated rings. The van der Waals surface area contributed by atoms with E-state index >= 15 is 0 Å². The van der Waals surface area contributed by atoms with Crippen LogP contribution in [-0.4, -0.2) is 26.4 Å². The van der Waals surface area contributed by atoms with Crippen LogP contribution in [0.4, 0.5) is 39.8 Å². The van der Waals surface area contributed by atoms with E-state index in [-0.39, 0.29) is 0 Å². The Labute approximate surface area is 376 Å². The first-order valence-electron chi connectivity index (χ1n) is 21.5. The lowest BCUT2D eigenvalue weighted by molar-refractivity contribution is 0.340. The predicted octanol–water partition coefficient (Wildman–Crippen LogP) is 15.0. The molecule has 64 heavy (non-hydrogen) atoms. The van der Waals surface area contributed by atoms with Gasteiger partial charge in [-0.3, -0.25) is 0 Å². The van der Waals surface area contributed by atoms with Crippen LogP contribution in [0.15, 0.2) is 158 Å². The quantitative estimate of drug-likeness (QED) is 0.0629. The van der Waals surface area contributed by atoms with Crippen LogP contribution in [0.2, 0.25) is 0 Å². The highest BCUT2D eigenvalue weighted by molar-refractivity contribution is 5.84. The van der Waals surface area contributed by atoms with Gasteiger partial charge in [-0.1, -0.05) is 48.6 Å². The molecule has 0 radical (unpaired) electrons. The highest BCUT2D eigenvalue weighted by atomic mass is 16.5. The lowest BCUT2D eigenvalue weighted by Crippen LogP contribution is -2.10. The Hall–Kier alpha value is -8.20. The van der Waals surface area contributed by atoms with Crippen LogP contribution in [0.1, 0.15) is 55.5 Å². The van der Waals surface area contributed by atoms with Crippen LogP contribution in [0, 0.1) is 17.9 Å². The third-order valence-electron chi connectivity index (χ3n) is 10.3. The number of hydrogen-bond donors (Lipinski definition) is 0. The molecule has 0 unspecified atom stereocenters. The molecule has 0 amide bonds. The Balaban J connectivity index is 1.10. The molecule has 7 aromatic rings. The second-order valence-electron chi connectivity index (χ2n) is 14.5. The van der Waals surface area contributed by atoms with Crippen molar-refractivity contribution >= 4 is 64.1 Å². The number of hydrogen-bond acceptors (Lipinski definition) is 7. The first kappa shape index (κ1) is 43.9. The maximum absolute atomic E-state index is 10.2. The van der Waals surface area contributed by atoms with Crippen LogP contribution >= 0.6 is 0 Å². The number of nitriles is 1. The van der Waals surface area contributed by atoms with Crippen molar-refractivity contribution in [2.45, 2.75) is 27.7 Å². The molecule has 8 heteroatoms. The number of rotatable bonds is 18. The summed E-state index contributed by atoms with van der Waals surface area (Å²) >= 11 is 0. The molecule has 0 aromatic heterocycles. The third kappa shape index (κ3) is 10.8. The van der Waals surface area contributed by atoms with Crippen LogP contribution < -0.4 is 28.7 Å². The highest BCUT2D eigenvalue weighted by Crippen LogP contribution is 2.38. The van der Waals surface area contributed by atoms with Gasteiger partial charge >= 0.3 is 0 Å². The standard InChI is InChI=1S/C56H50N4O4/c1-6-61-52-30-22-48(23-31-52)59(49-24-32-53(33-25-49)62-7-2)46-18-12-41(13-19-46)10-16-43-39-56(58-5)44(38-45(43)40-57)17-11-42-14-20-47(21-15-42)60(50-26-34-54(35-27-50)63-8-3)51-28-36-55(37-29-51)64-9-4/h10-39H,6-9H2,1-4H3. The molecule has 0 atom stereocenters. The Bertz CT molecular complexity index is 2460. The molecule has 0 spiro atoms. The lowest BCUT2D eigenvalue weighted by Gasteiger charge is -2.26. The molecule has 0 bridgehead atoms. The van der Waals surface area contributed by atoms with Crippen molar-refractivity contribution in [3.8, 4) is 29.1 Å². The van der Waals surface area contributed by atoms with Crippen molar-refractivity contribution in [2.75, 3.05) is 36.2 Å². The number of benzene rings is 7. The van der Waals surface area contributed by atoms with E-state index in [1.54, 1.807) is 12.1 Å². The van der Waals surface area contributed by atoms with Gasteiger partial charge in [-0.2, -0.15) is 5.26 Å². The maximum atomic E-state index is 10.2. The van der Waals surface area contributed by atoms with Gasteiger partial charge in [-0.25, -0.2) is 4.85 Å². The van der Waals surface area contributed by atoms with E-state index < -0.39 is 0 Å². The van der Waals surface area contributed by atoms with Crippen LogP contribution in [0.5, 0.6) is 23.0 Å². The average Bonchev–Trinajstić information content (AvgIpc) is 3.33. The van der Waals surface area contributed by atoms with Crippen LogP contribution in [0.3, 0.4) is 0 Å². The fourth-order valence-corrected chi connectivity index (χ4v) is 7.25. The minimum absolute atomic E-state index is 0.459. The van der Waals surface area contributed by atoms with E-state index in [4.69, 9.17) is 25.5 Å². The lowest BCUT2D eigenvalue weighted by atomic mass is 10.0. The van der Waals surface area contributed by atoms with Gasteiger partial charge < -0.3 is 28.7 Å². The third-order valence-corrected chi connectivity index (χ3v) is 10.3. The smallest absolute Gasteiger partial charge is 0.194 e. The summed E-state index contributed by atoms with van der Waals surface area (Å²) in [6.07, 6.45) is 7.72. The Kier molecular flexibility index (Phi) is 14.8. The largest absolute Gasteiger partial charge is 0.494 e. The fraction of sp³-hybridized carbons (Fsp3) is 0.143. The zero-order valence-electron chi connectivity index (χ0n) is 36.6. The zero-order valence-corrected chi connectivity index (χ0v) is 36.6. The first-order valence-corrected chi connectivity index (χ1v) is 21.5. The molecule has 8 nitrogen and oxygen atoms in total. The van der Waals surface area contributed by atoms with Gasteiger partial charge in [0.2, 0.25) is 0 Å². The molecule has 0 N–H and O–H groups in total. The molecular weight excluding hydrogens is 793 g/mol. The molecular formula is C56H50N4O4. The maximum Gasteiger partial charge on any atom is 0.194 e. The molecule has 0 saturated heterocycles. The van der Waals surface area contributed by atoms with Crippen molar-refractivity contribution in [1.82, 2.24) is 0 Å². The van der Waals surface area contributed by atoms with Gasteiger partial charge in [0.05, 0.1) is 44.6 Å². The van der Waals surface area contributed by atoms with Gasteiger partial charge in [0.15, 0.2) is 5.69 Å². The fourth-order valence-electron chi connectivity index (χ4n) is 7.25. The van der Waals surface area contributed by atoms with E-state index in [9.17, 15) is 5.26 Å². The molecule has 0 aliphatic rings. The van der Waals surface area contributed by atoms with E-state index in [0.29, 0.717) is 48.8 Å². The van der Waals surface area contributed by atoms with Crippen molar-refractivity contribution in [3.05, 3.63) is 197 Å². The second-order valence-corrected chi connectivity index (χ2v) is 14.5. The van der Waals surface area contributed by atoms with E-state index in [0.717, 1.165) is 68.2 Å². The van der Waals surface area contributed by atoms with Crippen molar-refractivity contribution in [2.24, 2.45) is 0 Å². The summed E-state index contributed by atoms with van der Waals surface area (Å²) in [5.74, 6) is 3.26. The van der Waals surface area contributed by atoms with Crippen molar-refractivity contribution in [3.63, 3.8) is 0 Å². The monoisotopic (exact) mass is 842 g/mol. The summed E-state index contributed by atoms with van der Waals surface area (Å²) in [6.45, 7) is 18.3. The van der Waals surface area contributed by atoms with Crippen molar-refractivity contribution in [1.29, 1.82) is 5.26 Å². The highest BCUT2D eigenvalue weighted by Gasteiger charge is 2.15. The molecule has 7 aromatic carbocycles. The Morgan fingerprint density at radius 1 is 0.438 bits per heavy atom. The summed E-state index contributed by atoms with van der Waals surface area (Å²) in [5.41, 5.74) is 10.1. The molecule has 0 heterocycles. The van der Waals surface area contributed by atoms with Gasteiger partial charge in [-0.05, 0) is 183 Å². The van der Waals surface area contributed by atoms with Gasteiger partial charge in [0.1, 0.15) is 23.0 Å². The minimum atomic E-state index is 0.459. The van der Waals surface area contributed by atoms with Crippen LogP contribution in [0.25, 0.3) is 29.1 Å². The summed E-state index contributed by atoms with van der Waals surface area (Å²) in [4.78, 5) is 8.20. The topological polar surface area (TPSA) is 71.6 Å². The SMILES string of the molecule is [C-]#[N+]c1cc(C=Cc2ccc(N(c3ccc(OCC)cc3)c3ccc(OCC)cc3)cc2)c(C#N)cc1C=Cc1ccc(N(c2ccc(OCC)cc2)c2ccc(OCC)cc2)cc1. The van der Waals surface area contributed by atoms with Gasteiger partial charge in [0, 0.05) is 34.1 Å². The van der Waals surface area contributed by atoms with E-state index in [1.165, 1.54) is 0 Å². The predicted molar refractivity (Wildman–Crippen MR) is 262 cm³/mol. The molecule has 318 valence electrons. The zero-order chi connectivity index (χ0) is 44.7. The number of anilines is 6. The summed E-state index contributed by atoms with van der Waals surface area (Å²) in [6, 6.07) is 54.6. The number of ether oxygens (including phenoxy) is 4. The molecule has 0 aliphatic heterocycles. The second kappa shape index (κ2) is 21.5. The Morgan fingerprint density at radius 2 is 0.734 bits per heavy atom. The molecule has 0 aliphatic carbocycles. The average molecular weight is 843 g/mol. The number of nitrogens with zero attached hydrogens (tertiary/aromatic N) is 4. The van der Waals surface area contributed by atoms with Crippen LogP contribution in [-0.2, 0) is 0 Å². The van der Waals surface area contributed by atoms with Gasteiger partial charge in [-0.15, -0.1) is 0 Å². The first-order chi connectivity index (χ1) is 31.4. The van der Waals surface area contributed by atoms with E-state index in [2.05, 4.69) is 45.0 Å². The Morgan fingerprint density at radius 3 is 1.02 bits per heavy atom. The summed E-state index contributed by atoms with van der Waals surface area (Å²) in [7, 11) is 0. The minimum Gasteiger partial charge on any atom is -0.494 e. The molecule has 0 saturated carbocycles. The van der Waals surface area contributed by atoms with Gasteiger partial charge in [0.25, 0.3) is 0 Å². The van der Waals surface area contributed by atoms with Crippen molar-refractivity contribution < 1.29 is 18.9 Å². The summed E-state index contributed by atoms with van der Waals surface area (Å²) in [5, 5.41) is 10.2. The van der Waals surface area contributed by atoms with E-state index in [1.807, 2.05) is 173 Å². The molecule has 7 rings (SSSR count).